The van der Waals surface area contributed by atoms with E-state index in [1.807, 2.05) is 0 Å². The summed E-state index contributed by atoms with van der Waals surface area (Å²) in [5.74, 6) is -1.02. The van der Waals surface area contributed by atoms with Crippen molar-refractivity contribution in [3.63, 3.8) is 0 Å². The van der Waals surface area contributed by atoms with Gasteiger partial charge in [0.2, 0.25) is 0 Å². The van der Waals surface area contributed by atoms with Crippen LogP contribution in [0.3, 0.4) is 0 Å². The zero-order chi connectivity index (χ0) is 12.4. The Morgan fingerprint density at radius 1 is 1.00 bits per heavy atom. The van der Waals surface area contributed by atoms with Gasteiger partial charge in [0, 0.05) is 0 Å². The quantitative estimate of drug-likeness (QED) is 0.376. The molecule has 0 aliphatic rings. The molecule has 0 atom stereocenters. The van der Waals surface area contributed by atoms with Gasteiger partial charge < -0.3 is 14.2 Å². The molecule has 0 saturated heterocycles. The van der Waals surface area contributed by atoms with E-state index in [1.54, 1.807) is 20.8 Å². The van der Waals surface area contributed by atoms with E-state index < -0.39 is 11.9 Å². The maximum absolute atomic E-state index is 11.4. The minimum atomic E-state index is -0.552. The van der Waals surface area contributed by atoms with Gasteiger partial charge in [0.25, 0.3) is 0 Å². The highest BCUT2D eigenvalue weighted by Crippen LogP contribution is 2.06. The number of esters is 2. The van der Waals surface area contributed by atoms with Gasteiger partial charge in [0.05, 0.1) is 38.1 Å². The monoisotopic (exact) mass is 230 g/mol. The van der Waals surface area contributed by atoms with E-state index >= 15 is 0 Å². The van der Waals surface area contributed by atoms with E-state index in [2.05, 4.69) is 0 Å². The van der Waals surface area contributed by atoms with Gasteiger partial charge in [-0.25, -0.2) is 4.79 Å². The lowest BCUT2D eigenvalue weighted by Gasteiger charge is -2.06. The van der Waals surface area contributed by atoms with Crippen molar-refractivity contribution >= 4 is 11.9 Å². The minimum absolute atomic E-state index is 0.132. The van der Waals surface area contributed by atoms with Crippen LogP contribution in [0, 0.1) is 0 Å². The largest absolute Gasteiger partial charge is 0.501 e. The van der Waals surface area contributed by atoms with Crippen molar-refractivity contribution in [2.75, 3.05) is 19.8 Å². The summed E-state index contributed by atoms with van der Waals surface area (Å²) in [6, 6.07) is 0. The Balaban J connectivity index is 4.42. The van der Waals surface area contributed by atoms with E-state index in [4.69, 9.17) is 14.2 Å². The zero-order valence-electron chi connectivity index (χ0n) is 9.95. The lowest BCUT2D eigenvalue weighted by molar-refractivity contribution is -0.146. The van der Waals surface area contributed by atoms with Crippen LogP contribution < -0.4 is 0 Å². The van der Waals surface area contributed by atoms with Crippen LogP contribution >= 0.6 is 0 Å². The smallest absolute Gasteiger partial charge is 0.337 e. The second kappa shape index (κ2) is 8.76. The molecule has 0 bridgehead atoms. The molecular weight excluding hydrogens is 212 g/mol. The number of hydrogen-bond acceptors (Lipinski definition) is 5. The fraction of sp³-hybridized carbons (Fsp3) is 0.636. The summed E-state index contributed by atoms with van der Waals surface area (Å²) >= 11 is 0. The molecule has 0 saturated carbocycles. The standard InChI is InChI=1S/C11H18O5/c1-4-14-8-9(11(13)16-6-3)7-10(12)15-5-2/h8H,4-7H2,1-3H3/b9-8+. The van der Waals surface area contributed by atoms with Crippen molar-refractivity contribution in [1.29, 1.82) is 0 Å². The van der Waals surface area contributed by atoms with Crippen molar-refractivity contribution in [1.82, 2.24) is 0 Å². The first-order chi connectivity index (χ1) is 7.65. The summed E-state index contributed by atoms with van der Waals surface area (Å²) in [6.07, 6.45) is 1.11. The summed E-state index contributed by atoms with van der Waals surface area (Å²) in [6.45, 7) is 6.14. The van der Waals surface area contributed by atoms with Crippen LogP contribution in [-0.2, 0) is 23.8 Å². The SMILES string of the molecule is CCO/C=C(\CC(=O)OCC)C(=O)OCC. The van der Waals surface area contributed by atoms with Gasteiger partial charge in [-0.15, -0.1) is 0 Å². The molecule has 0 N–H and O–H groups in total. The van der Waals surface area contributed by atoms with Crippen LogP contribution in [0.25, 0.3) is 0 Å². The highest BCUT2D eigenvalue weighted by atomic mass is 16.5. The first-order valence-corrected chi connectivity index (χ1v) is 5.29. The Hall–Kier alpha value is -1.52. The second-order valence-corrected chi connectivity index (χ2v) is 2.80. The first kappa shape index (κ1) is 14.5. The van der Waals surface area contributed by atoms with Gasteiger partial charge in [-0.05, 0) is 20.8 Å². The fourth-order valence-corrected chi connectivity index (χ4v) is 0.937. The maximum atomic E-state index is 11.4. The van der Waals surface area contributed by atoms with E-state index in [0.29, 0.717) is 6.61 Å². The van der Waals surface area contributed by atoms with E-state index in [0.717, 1.165) is 0 Å². The van der Waals surface area contributed by atoms with Gasteiger partial charge in [-0.2, -0.15) is 0 Å². The molecule has 5 heteroatoms. The zero-order valence-corrected chi connectivity index (χ0v) is 9.95. The highest BCUT2D eigenvalue weighted by Gasteiger charge is 2.16. The van der Waals surface area contributed by atoms with Crippen LogP contribution in [0.1, 0.15) is 27.2 Å². The van der Waals surface area contributed by atoms with Crippen LogP contribution in [0.15, 0.2) is 11.8 Å². The van der Waals surface area contributed by atoms with Crippen molar-refractivity contribution < 1.29 is 23.8 Å². The molecule has 0 aromatic carbocycles. The third kappa shape index (κ3) is 6.06. The lowest BCUT2D eigenvalue weighted by Crippen LogP contribution is -2.14. The average Bonchev–Trinajstić information content (AvgIpc) is 2.24. The van der Waals surface area contributed by atoms with Gasteiger partial charge in [0.1, 0.15) is 0 Å². The molecular formula is C11H18O5. The van der Waals surface area contributed by atoms with Crippen LogP contribution in [0.2, 0.25) is 0 Å². The predicted molar refractivity (Wildman–Crippen MR) is 57.6 cm³/mol. The van der Waals surface area contributed by atoms with Gasteiger partial charge >= 0.3 is 11.9 Å². The number of carbonyl (C=O) groups is 2. The highest BCUT2D eigenvalue weighted by molar-refractivity contribution is 5.93. The molecule has 0 heterocycles. The Labute approximate surface area is 95.4 Å². The number of ether oxygens (including phenoxy) is 3. The fourth-order valence-electron chi connectivity index (χ4n) is 0.937. The average molecular weight is 230 g/mol. The normalized spacial score (nSPS) is 10.8. The summed E-state index contributed by atoms with van der Waals surface area (Å²) in [7, 11) is 0. The van der Waals surface area contributed by atoms with E-state index in [1.165, 1.54) is 6.26 Å². The van der Waals surface area contributed by atoms with Gasteiger partial charge in [-0.3, -0.25) is 4.79 Å². The third-order valence-electron chi connectivity index (χ3n) is 1.57. The summed E-state index contributed by atoms with van der Waals surface area (Å²) < 4.78 is 14.5. The van der Waals surface area contributed by atoms with E-state index in [-0.39, 0.29) is 25.2 Å². The van der Waals surface area contributed by atoms with Crippen molar-refractivity contribution in [3.05, 3.63) is 11.8 Å². The molecule has 5 nitrogen and oxygen atoms in total. The van der Waals surface area contributed by atoms with Crippen LogP contribution in [0.5, 0.6) is 0 Å². The van der Waals surface area contributed by atoms with Crippen LogP contribution in [-0.4, -0.2) is 31.8 Å². The molecule has 16 heavy (non-hydrogen) atoms. The molecule has 0 aromatic rings. The molecule has 0 amide bonds. The summed E-state index contributed by atoms with van der Waals surface area (Å²) in [5, 5.41) is 0. The number of rotatable bonds is 7. The topological polar surface area (TPSA) is 61.8 Å². The van der Waals surface area contributed by atoms with Crippen molar-refractivity contribution in [2.24, 2.45) is 0 Å². The lowest BCUT2D eigenvalue weighted by atomic mass is 10.2. The molecule has 0 spiro atoms. The third-order valence-corrected chi connectivity index (χ3v) is 1.57. The Morgan fingerprint density at radius 2 is 1.62 bits per heavy atom. The molecule has 0 aromatic heterocycles. The van der Waals surface area contributed by atoms with Crippen molar-refractivity contribution in [3.8, 4) is 0 Å². The number of carbonyl (C=O) groups excluding carboxylic acids is 2. The maximum Gasteiger partial charge on any atom is 0.337 e. The first-order valence-electron chi connectivity index (χ1n) is 5.29. The Kier molecular flexibility index (Phi) is 7.93. The predicted octanol–water partition coefficient (Wildman–Crippen LogP) is 1.42. The van der Waals surface area contributed by atoms with E-state index in [9.17, 15) is 9.59 Å². The van der Waals surface area contributed by atoms with Gasteiger partial charge in [-0.1, -0.05) is 0 Å². The van der Waals surface area contributed by atoms with Gasteiger partial charge in [0.15, 0.2) is 0 Å². The molecule has 0 aliphatic heterocycles. The molecule has 0 fully saturated rings. The second-order valence-electron chi connectivity index (χ2n) is 2.80. The van der Waals surface area contributed by atoms with Crippen LogP contribution in [0.4, 0.5) is 0 Å². The molecule has 0 radical (unpaired) electrons. The minimum Gasteiger partial charge on any atom is -0.501 e. The molecule has 92 valence electrons. The Bertz CT molecular complexity index is 257. The molecule has 0 unspecified atom stereocenters. The summed E-state index contributed by atoms with van der Waals surface area (Å²) in [4.78, 5) is 22.6. The number of hydrogen-bond donors (Lipinski definition) is 0. The molecule has 0 rings (SSSR count). The Morgan fingerprint density at radius 3 is 2.12 bits per heavy atom. The van der Waals surface area contributed by atoms with Crippen molar-refractivity contribution in [2.45, 2.75) is 27.2 Å². The summed E-state index contributed by atoms with van der Waals surface area (Å²) in [5.41, 5.74) is 0.169. The molecule has 0 aliphatic carbocycles.